The van der Waals surface area contributed by atoms with E-state index >= 15 is 0 Å². The summed E-state index contributed by atoms with van der Waals surface area (Å²) in [5.74, 6) is -2.66. The number of hydrogen-bond acceptors (Lipinski definition) is 4. The fourth-order valence-corrected chi connectivity index (χ4v) is 2.31. The Morgan fingerprint density at radius 3 is 2.38 bits per heavy atom. The second kappa shape index (κ2) is 8.48. The quantitative estimate of drug-likeness (QED) is 0.802. The Morgan fingerprint density at radius 2 is 1.77 bits per heavy atom. The first-order chi connectivity index (χ1) is 12.3. The number of methoxy groups -OCH3 is 2. The molecule has 2 aromatic carbocycles. The van der Waals surface area contributed by atoms with Crippen LogP contribution >= 0.6 is 11.6 Å². The Bertz CT molecular complexity index is 846. The topological polar surface area (TPSA) is 76.7 Å². The van der Waals surface area contributed by atoms with Crippen molar-refractivity contribution in [3.63, 3.8) is 0 Å². The second-order valence-electron chi connectivity index (χ2n) is 5.04. The zero-order valence-corrected chi connectivity index (χ0v) is 14.6. The molecular weight excluding hydrogens is 370 g/mol. The van der Waals surface area contributed by atoms with E-state index in [0.717, 1.165) is 12.1 Å². The summed E-state index contributed by atoms with van der Waals surface area (Å²) in [5, 5.41) is 5.06. The summed E-state index contributed by atoms with van der Waals surface area (Å²) in [5.41, 5.74) is -0.0918. The van der Waals surface area contributed by atoms with Crippen LogP contribution in [0, 0.1) is 11.6 Å². The molecule has 0 bridgehead atoms. The number of anilines is 1. The molecule has 0 aliphatic carbocycles. The van der Waals surface area contributed by atoms with Gasteiger partial charge in [0.05, 0.1) is 37.0 Å². The van der Waals surface area contributed by atoms with Gasteiger partial charge in [0.15, 0.2) is 0 Å². The normalized spacial score (nSPS) is 10.2. The number of hydrogen-bond donors (Lipinski definition) is 2. The van der Waals surface area contributed by atoms with E-state index in [1.807, 2.05) is 0 Å². The van der Waals surface area contributed by atoms with Gasteiger partial charge in [-0.2, -0.15) is 0 Å². The summed E-state index contributed by atoms with van der Waals surface area (Å²) in [6.07, 6.45) is 0. The molecule has 0 aromatic heterocycles. The molecule has 0 saturated carbocycles. The Balaban J connectivity index is 2.04. The molecule has 9 heteroatoms. The predicted octanol–water partition coefficient (Wildman–Crippen LogP) is 3.00. The van der Waals surface area contributed by atoms with E-state index in [-0.39, 0.29) is 11.3 Å². The van der Waals surface area contributed by atoms with Gasteiger partial charge in [-0.3, -0.25) is 9.59 Å². The minimum Gasteiger partial charge on any atom is -0.495 e. The largest absolute Gasteiger partial charge is 0.495 e. The summed E-state index contributed by atoms with van der Waals surface area (Å²) < 4.78 is 36.6. The van der Waals surface area contributed by atoms with Crippen LogP contribution < -0.4 is 20.1 Å². The van der Waals surface area contributed by atoms with Gasteiger partial charge >= 0.3 is 0 Å². The number of nitrogens with one attached hydrogen (secondary N) is 2. The third-order valence-electron chi connectivity index (χ3n) is 3.33. The lowest BCUT2D eigenvalue weighted by Gasteiger charge is -2.13. The third-order valence-corrected chi connectivity index (χ3v) is 3.63. The van der Waals surface area contributed by atoms with Crippen molar-refractivity contribution in [2.24, 2.45) is 0 Å². The van der Waals surface area contributed by atoms with Crippen LogP contribution in [-0.4, -0.2) is 32.6 Å². The van der Waals surface area contributed by atoms with Gasteiger partial charge in [-0.15, -0.1) is 0 Å². The molecule has 2 aromatic rings. The van der Waals surface area contributed by atoms with Crippen LogP contribution in [0.3, 0.4) is 0 Å². The second-order valence-corrected chi connectivity index (χ2v) is 5.45. The molecule has 0 atom stereocenters. The van der Waals surface area contributed by atoms with Gasteiger partial charge in [-0.1, -0.05) is 11.6 Å². The maximum Gasteiger partial charge on any atom is 0.254 e. The van der Waals surface area contributed by atoms with Gasteiger partial charge < -0.3 is 20.1 Å². The van der Waals surface area contributed by atoms with E-state index in [0.29, 0.717) is 22.6 Å². The van der Waals surface area contributed by atoms with E-state index in [4.69, 9.17) is 21.1 Å². The lowest BCUT2D eigenvalue weighted by Crippen LogP contribution is -2.33. The van der Waals surface area contributed by atoms with Crippen molar-refractivity contribution >= 4 is 29.1 Å². The Labute approximate surface area is 153 Å². The first-order valence-corrected chi connectivity index (χ1v) is 7.68. The molecule has 2 amide bonds. The van der Waals surface area contributed by atoms with Crippen molar-refractivity contribution < 1.29 is 27.8 Å². The lowest BCUT2D eigenvalue weighted by molar-refractivity contribution is -0.115. The van der Waals surface area contributed by atoms with Crippen molar-refractivity contribution in [1.82, 2.24) is 5.32 Å². The highest BCUT2D eigenvalue weighted by molar-refractivity contribution is 6.32. The Hall–Kier alpha value is -2.87. The van der Waals surface area contributed by atoms with Crippen LogP contribution in [0.4, 0.5) is 14.5 Å². The van der Waals surface area contributed by atoms with Gasteiger partial charge in [-0.05, 0) is 12.1 Å². The molecular formula is C17H15ClF2N2O4. The number of halogens is 3. The van der Waals surface area contributed by atoms with Crippen LogP contribution in [0.1, 0.15) is 10.4 Å². The van der Waals surface area contributed by atoms with Gasteiger partial charge in [0.1, 0.15) is 23.1 Å². The first kappa shape index (κ1) is 19.5. The minimum atomic E-state index is -1.02. The summed E-state index contributed by atoms with van der Waals surface area (Å²) in [6.45, 7) is -0.441. The van der Waals surface area contributed by atoms with E-state index in [1.54, 1.807) is 0 Å². The standard InChI is InChI=1S/C17H15ClF2N2O4/c1-25-14-7-13(15(26-2)6-11(14)18)22-16(23)8-21-17(24)10-4-3-9(19)5-12(10)20/h3-7H,8H2,1-2H3,(H,21,24)(H,22,23). The Morgan fingerprint density at radius 1 is 1.08 bits per heavy atom. The molecule has 6 nitrogen and oxygen atoms in total. The van der Waals surface area contributed by atoms with Crippen molar-refractivity contribution in [2.45, 2.75) is 0 Å². The highest BCUT2D eigenvalue weighted by atomic mass is 35.5. The maximum atomic E-state index is 13.5. The number of ether oxygens (including phenoxy) is 2. The van der Waals surface area contributed by atoms with Crippen LogP contribution in [0.5, 0.6) is 11.5 Å². The van der Waals surface area contributed by atoms with Crippen LogP contribution in [0.2, 0.25) is 5.02 Å². The summed E-state index contributed by atoms with van der Waals surface area (Å²) in [7, 11) is 2.81. The molecule has 0 aliphatic rings. The maximum absolute atomic E-state index is 13.5. The number of benzene rings is 2. The molecule has 0 fully saturated rings. The van der Waals surface area contributed by atoms with E-state index in [1.165, 1.54) is 26.4 Å². The van der Waals surface area contributed by atoms with Crippen LogP contribution in [-0.2, 0) is 4.79 Å². The average molecular weight is 385 g/mol. The van der Waals surface area contributed by atoms with Crippen molar-refractivity contribution in [3.8, 4) is 11.5 Å². The molecule has 0 saturated heterocycles. The smallest absolute Gasteiger partial charge is 0.254 e. The molecule has 0 spiro atoms. The summed E-state index contributed by atoms with van der Waals surface area (Å²) in [4.78, 5) is 23.9. The number of carbonyl (C=O) groups excluding carboxylic acids is 2. The zero-order chi connectivity index (χ0) is 19.3. The molecule has 0 unspecified atom stereocenters. The number of carbonyl (C=O) groups is 2. The van der Waals surface area contributed by atoms with Crippen molar-refractivity contribution in [2.75, 3.05) is 26.1 Å². The molecule has 0 radical (unpaired) electrons. The van der Waals surface area contributed by atoms with E-state index in [2.05, 4.69) is 10.6 Å². The lowest BCUT2D eigenvalue weighted by atomic mass is 10.2. The molecule has 0 heterocycles. The average Bonchev–Trinajstić information content (AvgIpc) is 2.60. The highest BCUT2D eigenvalue weighted by Crippen LogP contribution is 2.35. The minimum absolute atomic E-state index is 0.279. The fourth-order valence-electron chi connectivity index (χ4n) is 2.08. The molecule has 26 heavy (non-hydrogen) atoms. The van der Waals surface area contributed by atoms with Crippen molar-refractivity contribution in [1.29, 1.82) is 0 Å². The van der Waals surface area contributed by atoms with Gasteiger partial charge in [0.25, 0.3) is 5.91 Å². The van der Waals surface area contributed by atoms with E-state index < -0.39 is 30.0 Å². The SMILES string of the molecule is COc1cc(NC(=O)CNC(=O)c2ccc(F)cc2F)c(OC)cc1Cl. The van der Waals surface area contributed by atoms with Gasteiger partial charge in [-0.25, -0.2) is 8.78 Å². The summed E-state index contributed by atoms with van der Waals surface area (Å²) in [6, 6.07) is 5.44. The fraction of sp³-hybridized carbons (Fsp3) is 0.176. The van der Waals surface area contributed by atoms with Crippen molar-refractivity contribution in [3.05, 3.63) is 52.6 Å². The van der Waals surface area contributed by atoms with Crippen LogP contribution in [0.15, 0.2) is 30.3 Å². The van der Waals surface area contributed by atoms with Gasteiger partial charge in [0.2, 0.25) is 5.91 Å². The predicted molar refractivity (Wildman–Crippen MR) is 91.9 cm³/mol. The van der Waals surface area contributed by atoms with E-state index in [9.17, 15) is 18.4 Å². The monoisotopic (exact) mass is 384 g/mol. The summed E-state index contributed by atoms with van der Waals surface area (Å²) >= 11 is 5.98. The highest BCUT2D eigenvalue weighted by Gasteiger charge is 2.15. The number of amides is 2. The van der Waals surface area contributed by atoms with Gasteiger partial charge in [0, 0.05) is 18.2 Å². The molecule has 2 rings (SSSR count). The Kier molecular flexibility index (Phi) is 6.35. The molecule has 138 valence electrons. The first-order valence-electron chi connectivity index (χ1n) is 7.30. The molecule has 0 aliphatic heterocycles. The molecule has 2 N–H and O–H groups in total. The van der Waals surface area contributed by atoms with Crippen LogP contribution in [0.25, 0.3) is 0 Å². The zero-order valence-electron chi connectivity index (χ0n) is 13.9. The number of rotatable bonds is 6. The third kappa shape index (κ3) is 4.60.